The number of hydrogen-bond donors (Lipinski definition) is 1. The molecule has 0 bridgehead atoms. The van der Waals surface area contributed by atoms with E-state index in [0.29, 0.717) is 51.9 Å². The van der Waals surface area contributed by atoms with Gasteiger partial charge in [0.25, 0.3) is 11.8 Å². The maximum atomic E-state index is 14.2. The van der Waals surface area contributed by atoms with Gasteiger partial charge in [0.2, 0.25) is 0 Å². The summed E-state index contributed by atoms with van der Waals surface area (Å²) < 4.78 is 14.2. The lowest BCUT2D eigenvalue weighted by Gasteiger charge is -2.41. The van der Waals surface area contributed by atoms with Crippen LogP contribution in [0.3, 0.4) is 0 Å². The van der Waals surface area contributed by atoms with E-state index in [9.17, 15) is 18.8 Å². The highest BCUT2D eigenvalue weighted by molar-refractivity contribution is 6.07. The van der Waals surface area contributed by atoms with Crippen LogP contribution in [-0.4, -0.2) is 78.4 Å². The molecule has 0 aliphatic carbocycles. The number of likely N-dealkylation sites (tertiary alicyclic amines) is 1. The third kappa shape index (κ3) is 5.22. The molecule has 35 heavy (non-hydrogen) atoms. The highest BCUT2D eigenvalue weighted by Crippen LogP contribution is 2.37. The fourth-order valence-corrected chi connectivity index (χ4v) is 5.16. The predicted octanol–water partition coefficient (Wildman–Crippen LogP) is 3.16. The van der Waals surface area contributed by atoms with Crippen molar-refractivity contribution in [2.75, 3.05) is 40.3 Å². The number of likely N-dealkylation sites (N-methyl/N-ethyl adjacent to an activating group) is 1. The van der Waals surface area contributed by atoms with Crippen molar-refractivity contribution >= 4 is 17.8 Å². The van der Waals surface area contributed by atoms with Crippen LogP contribution in [0.2, 0.25) is 0 Å². The molecule has 2 fully saturated rings. The van der Waals surface area contributed by atoms with Gasteiger partial charge >= 0.3 is 6.03 Å². The molecule has 1 atom stereocenters. The Balaban J connectivity index is 1.52. The number of hydrogen-bond acceptors (Lipinski definition) is 4. The Hall–Kier alpha value is -3.26. The summed E-state index contributed by atoms with van der Waals surface area (Å²) in [6, 6.07) is 15.6. The second-order valence-corrected chi connectivity index (χ2v) is 9.69. The average molecular weight is 481 g/mol. The molecule has 186 valence electrons. The largest absolute Gasteiger partial charge is 0.339 e. The molecule has 8 heteroatoms. The van der Waals surface area contributed by atoms with Gasteiger partial charge in [-0.15, -0.1) is 0 Å². The minimum atomic E-state index is -1.01. The Morgan fingerprint density at radius 2 is 1.71 bits per heavy atom. The molecule has 4 rings (SSSR count). The van der Waals surface area contributed by atoms with E-state index in [-0.39, 0.29) is 29.3 Å². The van der Waals surface area contributed by atoms with E-state index in [0.717, 1.165) is 5.56 Å². The van der Waals surface area contributed by atoms with Crippen molar-refractivity contribution in [2.24, 2.45) is 5.92 Å². The Morgan fingerprint density at radius 1 is 1.06 bits per heavy atom. The third-order valence-electron chi connectivity index (χ3n) is 7.21. The molecule has 2 aliphatic rings. The summed E-state index contributed by atoms with van der Waals surface area (Å²) in [5.41, 5.74) is 0.157. The molecule has 2 aliphatic heterocycles. The van der Waals surface area contributed by atoms with Gasteiger partial charge in [-0.25, -0.2) is 9.18 Å². The van der Waals surface area contributed by atoms with Gasteiger partial charge in [-0.05, 0) is 63.4 Å². The number of halogens is 1. The first-order valence-electron chi connectivity index (χ1n) is 12.2. The maximum absolute atomic E-state index is 14.2. The van der Waals surface area contributed by atoms with Crippen LogP contribution in [0.5, 0.6) is 0 Å². The number of carbonyl (C=O) groups is 3. The van der Waals surface area contributed by atoms with Gasteiger partial charge in [0.15, 0.2) is 0 Å². The Labute approximate surface area is 205 Å². The fraction of sp³-hybridized carbons (Fsp3) is 0.444. The van der Waals surface area contributed by atoms with Gasteiger partial charge in [-0.1, -0.05) is 42.5 Å². The van der Waals surface area contributed by atoms with Crippen LogP contribution in [0, 0.1) is 11.7 Å². The quantitative estimate of drug-likeness (QED) is 0.589. The smallest absolute Gasteiger partial charge is 0.325 e. The molecule has 2 aromatic rings. The van der Waals surface area contributed by atoms with Crippen LogP contribution in [0.4, 0.5) is 9.18 Å². The molecule has 0 spiro atoms. The van der Waals surface area contributed by atoms with Crippen molar-refractivity contribution in [1.82, 2.24) is 20.0 Å². The predicted molar refractivity (Wildman–Crippen MR) is 131 cm³/mol. The Morgan fingerprint density at radius 3 is 2.37 bits per heavy atom. The second-order valence-electron chi connectivity index (χ2n) is 9.69. The average Bonchev–Trinajstić information content (AvgIpc) is 3.11. The number of amides is 4. The minimum Gasteiger partial charge on any atom is -0.339 e. The van der Waals surface area contributed by atoms with Crippen molar-refractivity contribution in [3.63, 3.8) is 0 Å². The lowest BCUT2D eigenvalue weighted by atomic mass is 9.74. The number of rotatable bonds is 8. The normalized spacial score (nSPS) is 21.0. The standard InChI is InChI=1S/C27H33FN4O3/c1-30(2)18-19-32-25(34)27(29-26(32)35,15-12-20-8-4-3-5-9-20)21-13-16-31(17-14-21)24(33)22-10-6-7-11-23(22)28/h3-11,21H,12-19H2,1-2H3,(H,29,35)/t27-/m1/s1. The van der Waals surface area contributed by atoms with E-state index in [1.807, 2.05) is 49.3 Å². The van der Waals surface area contributed by atoms with Crippen LogP contribution in [0.1, 0.15) is 35.2 Å². The zero-order chi connectivity index (χ0) is 25.0. The SMILES string of the molecule is CN(C)CCN1C(=O)N[C@](CCc2ccccc2)(C2CCN(C(=O)c3ccccc3F)CC2)C1=O. The molecule has 0 unspecified atom stereocenters. The highest BCUT2D eigenvalue weighted by atomic mass is 19.1. The van der Waals surface area contributed by atoms with Gasteiger partial charge in [-0.3, -0.25) is 14.5 Å². The van der Waals surface area contributed by atoms with Crippen molar-refractivity contribution in [3.8, 4) is 0 Å². The third-order valence-corrected chi connectivity index (χ3v) is 7.21. The van der Waals surface area contributed by atoms with Gasteiger partial charge in [0, 0.05) is 26.2 Å². The zero-order valence-corrected chi connectivity index (χ0v) is 20.4. The topological polar surface area (TPSA) is 73.0 Å². The Bertz CT molecular complexity index is 1070. The number of piperidine rings is 1. The van der Waals surface area contributed by atoms with Crippen molar-refractivity contribution in [2.45, 2.75) is 31.2 Å². The monoisotopic (exact) mass is 480 g/mol. The van der Waals surface area contributed by atoms with Gasteiger partial charge in [-0.2, -0.15) is 0 Å². The zero-order valence-electron chi connectivity index (χ0n) is 20.4. The minimum absolute atomic E-state index is 0.0600. The molecule has 0 radical (unpaired) electrons. The number of urea groups is 1. The summed E-state index contributed by atoms with van der Waals surface area (Å²) in [7, 11) is 3.81. The number of nitrogens with one attached hydrogen (secondary N) is 1. The van der Waals surface area contributed by atoms with E-state index in [1.54, 1.807) is 17.0 Å². The summed E-state index contributed by atoms with van der Waals surface area (Å²) in [5, 5.41) is 3.07. The van der Waals surface area contributed by atoms with E-state index in [2.05, 4.69) is 5.32 Å². The number of imide groups is 1. The van der Waals surface area contributed by atoms with E-state index in [1.165, 1.54) is 17.0 Å². The Kier molecular flexibility index (Phi) is 7.50. The van der Waals surface area contributed by atoms with Crippen LogP contribution in [-0.2, 0) is 11.2 Å². The summed E-state index contributed by atoms with van der Waals surface area (Å²) >= 11 is 0. The molecule has 2 heterocycles. The maximum Gasteiger partial charge on any atom is 0.325 e. The van der Waals surface area contributed by atoms with Crippen LogP contribution >= 0.6 is 0 Å². The summed E-state index contributed by atoms with van der Waals surface area (Å²) in [6.07, 6.45) is 2.26. The van der Waals surface area contributed by atoms with E-state index in [4.69, 9.17) is 0 Å². The number of nitrogens with zero attached hydrogens (tertiary/aromatic N) is 3. The highest BCUT2D eigenvalue weighted by Gasteiger charge is 2.55. The van der Waals surface area contributed by atoms with Crippen molar-refractivity contribution < 1.29 is 18.8 Å². The van der Waals surface area contributed by atoms with Crippen LogP contribution < -0.4 is 5.32 Å². The van der Waals surface area contributed by atoms with Gasteiger partial charge in [0.1, 0.15) is 11.4 Å². The number of aryl methyl sites for hydroxylation is 1. The lowest BCUT2D eigenvalue weighted by molar-refractivity contribution is -0.134. The first-order chi connectivity index (χ1) is 16.8. The molecule has 7 nitrogen and oxygen atoms in total. The van der Waals surface area contributed by atoms with Crippen LogP contribution in [0.25, 0.3) is 0 Å². The van der Waals surface area contributed by atoms with E-state index >= 15 is 0 Å². The molecule has 2 saturated heterocycles. The second kappa shape index (κ2) is 10.6. The molecular weight excluding hydrogens is 447 g/mol. The van der Waals surface area contributed by atoms with Gasteiger partial charge < -0.3 is 15.1 Å². The fourth-order valence-electron chi connectivity index (χ4n) is 5.16. The molecule has 4 amide bonds. The number of benzene rings is 2. The first kappa shape index (κ1) is 24.9. The summed E-state index contributed by atoms with van der Waals surface area (Å²) in [5.74, 6) is -1.17. The first-order valence-corrected chi connectivity index (χ1v) is 12.2. The summed E-state index contributed by atoms with van der Waals surface area (Å²) in [6.45, 7) is 1.73. The number of carbonyl (C=O) groups excluding carboxylic acids is 3. The van der Waals surface area contributed by atoms with Crippen molar-refractivity contribution in [3.05, 3.63) is 71.5 Å². The van der Waals surface area contributed by atoms with Crippen molar-refractivity contribution in [1.29, 1.82) is 0 Å². The van der Waals surface area contributed by atoms with Gasteiger partial charge in [0.05, 0.1) is 5.56 Å². The molecule has 0 aromatic heterocycles. The molecule has 1 N–H and O–H groups in total. The lowest BCUT2D eigenvalue weighted by Crippen LogP contribution is -2.57. The molecule has 2 aromatic carbocycles. The van der Waals surface area contributed by atoms with Crippen LogP contribution in [0.15, 0.2) is 54.6 Å². The molecule has 0 saturated carbocycles. The molecular formula is C27H33FN4O3. The van der Waals surface area contributed by atoms with E-state index < -0.39 is 11.4 Å². The summed E-state index contributed by atoms with van der Waals surface area (Å²) in [4.78, 5) is 44.5.